The average molecular weight is 391 g/mol. The van der Waals surface area contributed by atoms with E-state index in [9.17, 15) is 23.4 Å². The molecule has 1 saturated heterocycles. The molecule has 1 aliphatic heterocycles. The number of phenols is 1. The van der Waals surface area contributed by atoms with Gasteiger partial charge in [0.25, 0.3) is 0 Å². The molecule has 122 valence electrons. The Morgan fingerprint density at radius 1 is 1.27 bits per heavy atom. The van der Waals surface area contributed by atoms with Gasteiger partial charge in [0.05, 0.1) is 16.1 Å². The van der Waals surface area contributed by atoms with Crippen LogP contribution in [0.1, 0.15) is 6.42 Å². The third-order valence-electron chi connectivity index (χ3n) is 3.21. The molecule has 1 heterocycles. The number of benzene rings is 1. The number of aliphatic hydroxyl groups excluding tert-OH is 1. The Kier molecular flexibility index (Phi) is 4.82. The highest BCUT2D eigenvalue weighted by Gasteiger charge is 2.44. The van der Waals surface area contributed by atoms with Gasteiger partial charge in [0, 0.05) is 13.0 Å². The van der Waals surface area contributed by atoms with Crippen LogP contribution in [0.5, 0.6) is 5.75 Å². The second-order valence-corrected chi connectivity index (χ2v) is 7.67. The lowest BCUT2D eigenvalue weighted by molar-refractivity contribution is -0.140. The number of aliphatic carboxylic acids is 1. The summed E-state index contributed by atoms with van der Waals surface area (Å²) >= 11 is 17.2. The Hall–Kier alpha value is -0.770. The summed E-state index contributed by atoms with van der Waals surface area (Å²) in [6.45, 7) is -0.420. The van der Waals surface area contributed by atoms with E-state index < -0.39 is 50.4 Å². The first kappa shape index (κ1) is 17.6. The fraction of sp³-hybridized carbons (Fsp3) is 0.364. The SMILES string of the molecule is O=C(O)[C@@H]1CC(O)CN1S(=O)(=O)c1cc(Cl)c(Cl)c(Cl)c1O. The maximum atomic E-state index is 12.6. The number of carbonyl (C=O) groups is 1. The third-order valence-corrected chi connectivity index (χ3v) is 6.35. The lowest BCUT2D eigenvalue weighted by atomic mass is 10.2. The van der Waals surface area contributed by atoms with E-state index in [1.165, 1.54) is 0 Å². The van der Waals surface area contributed by atoms with Crippen molar-refractivity contribution in [2.24, 2.45) is 0 Å². The highest BCUT2D eigenvalue weighted by molar-refractivity contribution is 7.89. The standard InChI is InChI=1S/C11H10Cl3NO6S/c12-5-2-7(10(17)9(14)8(5)13)22(20,21)15-3-4(16)1-6(15)11(18)19/h2,4,6,16-17H,1,3H2,(H,18,19)/t4?,6-/m0/s1. The van der Waals surface area contributed by atoms with Crippen molar-refractivity contribution in [1.29, 1.82) is 0 Å². The van der Waals surface area contributed by atoms with Crippen LogP contribution in [-0.2, 0) is 14.8 Å². The first-order valence-corrected chi connectivity index (χ1v) is 8.44. The van der Waals surface area contributed by atoms with Crippen molar-refractivity contribution < 1.29 is 28.5 Å². The molecule has 0 spiro atoms. The summed E-state index contributed by atoms with van der Waals surface area (Å²) in [6, 6.07) is -0.572. The van der Waals surface area contributed by atoms with Crippen molar-refractivity contribution in [1.82, 2.24) is 4.31 Å². The zero-order chi connectivity index (χ0) is 16.8. The quantitative estimate of drug-likeness (QED) is 0.675. The predicted octanol–water partition coefficient (Wildman–Crippen LogP) is 1.56. The first-order chi connectivity index (χ1) is 10.1. The van der Waals surface area contributed by atoms with Crippen LogP contribution in [0, 0.1) is 0 Å². The van der Waals surface area contributed by atoms with Crippen LogP contribution in [0.25, 0.3) is 0 Å². The summed E-state index contributed by atoms with van der Waals surface area (Å²) < 4.78 is 25.7. The first-order valence-electron chi connectivity index (χ1n) is 5.86. The molecule has 2 atom stereocenters. The number of carboxylic acids is 1. The van der Waals surface area contributed by atoms with E-state index in [0.717, 1.165) is 6.07 Å². The molecule has 0 bridgehead atoms. The second kappa shape index (κ2) is 6.03. The lowest BCUT2D eigenvalue weighted by Crippen LogP contribution is -2.40. The van der Waals surface area contributed by atoms with Gasteiger partial charge in [-0.05, 0) is 6.07 Å². The lowest BCUT2D eigenvalue weighted by Gasteiger charge is -2.21. The Bertz CT molecular complexity index is 738. The van der Waals surface area contributed by atoms with Crippen LogP contribution >= 0.6 is 34.8 Å². The van der Waals surface area contributed by atoms with E-state index in [0.29, 0.717) is 4.31 Å². The zero-order valence-corrected chi connectivity index (χ0v) is 13.8. The van der Waals surface area contributed by atoms with Gasteiger partial charge < -0.3 is 15.3 Å². The van der Waals surface area contributed by atoms with Gasteiger partial charge >= 0.3 is 5.97 Å². The summed E-state index contributed by atoms with van der Waals surface area (Å²) in [7, 11) is -4.44. The molecule has 7 nitrogen and oxygen atoms in total. The van der Waals surface area contributed by atoms with E-state index in [-0.39, 0.29) is 16.5 Å². The Balaban J connectivity index is 2.58. The number of halogens is 3. The number of aromatic hydroxyl groups is 1. The van der Waals surface area contributed by atoms with Gasteiger partial charge in [-0.15, -0.1) is 0 Å². The molecule has 1 aliphatic rings. The van der Waals surface area contributed by atoms with Gasteiger partial charge in [0.1, 0.15) is 16.0 Å². The van der Waals surface area contributed by atoms with Gasteiger partial charge in [0.15, 0.2) is 5.75 Å². The van der Waals surface area contributed by atoms with Crippen LogP contribution in [0.15, 0.2) is 11.0 Å². The van der Waals surface area contributed by atoms with Crippen molar-refractivity contribution in [2.75, 3.05) is 6.54 Å². The van der Waals surface area contributed by atoms with Gasteiger partial charge in [0.2, 0.25) is 10.0 Å². The van der Waals surface area contributed by atoms with Crippen LogP contribution in [0.2, 0.25) is 15.1 Å². The Morgan fingerprint density at radius 3 is 2.41 bits per heavy atom. The smallest absolute Gasteiger partial charge is 0.322 e. The molecule has 3 N–H and O–H groups in total. The predicted molar refractivity (Wildman–Crippen MR) is 79.1 cm³/mol. The summed E-state index contributed by atoms with van der Waals surface area (Å²) in [6.07, 6.45) is -1.39. The fourth-order valence-corrected chi connectivity index (χ4v) is 4.63. The zero-order valence-electron chi connectivity index (χ0n) is 10.7. The number of phenolic OH excluding ortho intramolecular Hbond substituents is 1. The second-order valence-electron chi connectivity index (χ2n) is 4.65. The molecule has 1 aromatic carbocycles. The molecule has 22 heavy (non-hydrogen) atoms. The summed E-state index contributed by atoms with van der Waals surface area (Å²) in [5.41, 5.74) is 0. The van der Waals surface area contributed by atoms with E-state index in [4.69, 9.17) is 39.9 Å². The molecular weight excluding hydrogens is 381 g/mol. The van der Waals surface area contributed by atoms with E-state index in [1.807, 2.05) is 0 Å². The highest BCUT2D eigenvalue weighted by Crippen LogP contribution is 2.43. The monoisotopic (exact) mass is 389 g/mol. The van der Waals surface area contributed by atoms with Gasteiger partial charge in [-0.25, -0.2) is 8.42 Å². The van der Waals surface area contributed by atoms with E-state index >= 15 is 0 Å². The van der Waals surface area contributed by atoms with E-state index in [1.54, 1.807) is 0 Å². The molecule has 1 unspecified atom stereocenters. The molecule has 0 saturated carbocycles. The number of carboxylic acid groups (broad SMARTS) is 1. The van der Waals surface area contributed by atoms with Crippen LogP contribution in [0.3, 0.4) is 0 Å². The van der Waals surface area contributed by atoms with Crippen LogP contribution in [-0.4, -0.2) is 52.7 Å². The fourth-order valence-electron chi connectivity index (χ4n) is 2.16. The topological polar surface area (TPSA) is 115 Å². The van der Waals surface area contributed by atoms with Crippen molar-refractivity contribution in [2.45, 2.75) is 23.5 Å². The number of sulfonamides is 1. The van der Waals surface area contributed by atoms with Crippen LogP contribution in [0.4, 0.5) is 0 Å². The Labute approximate surface area is 140 Å². The van der Waals surface area contributed by atoms with Crippen molar-refractivity contribution in [3.63, 3.8) is 0 Å². The number of nitrogens with zero attached hydrogens (tertiary/aromatic N) is 1. The van der Waals surface area contributed by atoms with Crippen molar-refractivity contribution >= 4 is 50.8 Å². The molecule has 11 heteroatoms. The van der Waals surface area contributed by atoms with Gasteiger partial charge in [-0.1, -0.05) is 34.8 Å². The molecule has 2 rings (SSSR count). The number of hydrogen-bond donors (Lipinski definition) is 3. The van der Waals surface area contributed by atoms with Crippen molar-refractivity contribution in [3.05, 3.63) is 21.1 Å². The maximum absolute atomic E-state index is 12.6. The minimum atomic E-state index is -4.44. The summed E-state index contributed by atoms with van der Waals surface area (Å²) in [5, 5.41) is 27.6. The molecule has 0 aromatic heterocycles. The van der Waals surface area contributed by atoms with E-state index in [2.05, 4.69) is 0 Å². The average Bonchev–Trinajstić information content (AvgIpc) is 2.83. The molecule has 1 fully saturated rings. The summed E-state index contributed by atoms with van der Waals surface area (Å²) in [4.78, 5) is 10.5. The molecule has 1 aromatic rings. The number of aliphatic hydroxyl groups is 1. The van der Waals surface area contributed by atoms with Gasteiger partial charge in [-0.2, -0.15) is 4.31 Å². The van der Waals surface area contributed by atoms with Crippen molar-refractivity contribution in [3.8, 4) is 5.75 Å². The number of rotatable bonds is 3. The van der Waals surface area contributed by atoms with Crippen LogP contribution < -0.4 is 0 Å². The number of hydrogen-bond acceptors (Lipinski definition) is 5. The minimum Gasteiger partial charge on any atom is -0.505 e. The minimum absolute atomic E-state index is 0.213. The molecular formula is C11H10Cl3NO6S. The highest BCUT2D eigenvalue weighted by atomic mass is 35.5. The maximum Gasteiger partial charge on any atom is 0.322 e. The summed E-state index contributed by atoms with van der Waals surface area (Å²) in [5.74, 6) is -2.24. The number of β-amino-alcohol motifs (C(OH)–C–C–N with tert-alkyl or cyclic N) is 1. The third kappa shape index (κ3) is 2.86. The molecule has 0 aliphatic carbocycles. The Morgan fingerprint density at radius 2 is 1.86 bits per heavy atom. The van der Waals surface area contributed by atoms with Gasteiger partial charge in [-0.3, -0.25) is 4.79 Å². The largest absolute Gasteiger partial charge is 0.505 e. The molecule has 0 amide bonds. The molecule has 0 radical (unpaired) electrons. The normalized spacial score (nSPS) is 22.9.